The van der Waals surface area contributed by atoms with Crippen molar-refractivity contribution < 1.29 is 4.79 Å². The number of aromatic nitrogens is 3. The maximum absolute atomic E-state index is 12.7. The fourth-order valence-electron chi connectivity index (χ4n) is 3.29. The van der Waals surface area contributed by atoms with Gasteiger partial charge >= 0.3 is 0 Å². The van der Waals surface area contributed by atoms with Gasteiger partial charge in [-0.3, -0.25) is 4.79 Å². The molecule has 7 heteroatoms. The summed E-state index contributed by atoms with van der Waals surface area (Å²) in [7, 11) is 0. The number of piperidine rings is 1. The van der Waals surface area contributed by atoms with Crippen molar-refractivity contribution in [1.82, 2.24) is 20.3 Å². The predicted molar refractivity (Wildman–Crippen MR) is 112 cm³/mol. The number of hydrogen-bond acceptors (Lipinski definition) is 6. The van der Waals surface area contributed by atoms with Crippen LogP contribution in [0.15, 0.2) is 42.6 Å². The normalized spacial score (nSPS) is 14.1. The van der Waals surface area contributed by atoms with E-state index in [0.717, 1.165) is 41.0 Å². The number of hydrogen-bond donors (Lipinski definition) is 1. The molecule has 0 bridgehead atoms. The molecule has 3 heterocycles. The van der Waals surface area contributed by atoms with Crippen LogP contribution in [0.5, 0.6) is 0 Å². The lowest BCUT2D eigenvalue weighted by Gasteiger charge is -2.26. The Morgan fingerprint density at radius 3 is 2.68 bits per heavy atom. The predicted octanol–water partition coefficient (Wildman–Crippen LogP) is 3.83. The first kappa shape index (κ1) is 18.6. The fourth-order valence-corrected chi connectivity index (χ4v) is 4.28. The van der Waals surface area contributed by atoms with Crippen LogP contribution in [0.3, 0.4) is 0 Å². The highest BCUT2D eigenvalue weighted by Crippen LogP contribution is 2.27. The van der Waals surface area contributed by atoms with Crippen LogP contribution in [0.4, 0.5) is 5.95 Å². The average molecular weight is 394 g/mol. The zero-order chi connectivity index (χ0) is 19.3. The first-order valence-electron chi connectivity index (χ1n) is 9.58. The second kappa shape index (κ2) is 8.48. The summed E-state index contributed by atoms with van der Waals surface area (Å²) < 4.78 is 0. The van der Waals surface area contributed by atoms with E-state index < -0.39 is 0 Å². The number of carbonyl (C=O) groups excluding carboxylic acids is 1. The summed E-state index contributed by atoms with van der Waals surface area (Å²) in [5, 5.41) is 3.83. The summed E-state index contributed by atoms with van der Waals surface area (Å²) in [6.45, 7) is 4.24. The molecule has 4 rings (SSSR count). The summed E-state index contributed by atoms with van der Waals surface area (Å²) in [4.78, 5) is 29.1. The van der Waals surface area contributed by atoms with Gasteiger partial charge < -0.3 is 10.2 Å². The van der Waals surface area contributed by atoms with E-state index in [2.05, 4.69) is 25.2 Å². The Hall–Kier alpha value is -2.80. The number of thiazole rings is 1. The molecule has 1 N–H and O–H groups in total. The maximum atomic E-state index is 12.7. The van der Waals surface area contributed by atoms with Crippen LogP contribution in [0.1, 0.15) is 40.3 Å². The van der Waals surface area contributed by atoms with Crippen molar-refractivity contribution in [1.29, 1.82) is 0 Å². The van der Waals surface area contributed by atoms with E-state index in [1.165, 1.54) is 30.6 Å². The molecule has 0 unspecified atom stereocenters. The lowest BCUT2D eigenvalue weighted by Crippen LogP contribution is -2.31. The number of benzene rings is 1. The summed E-state index contributed by atoms with van der Waals surface area (Å²) in [5.74, 6) is 0.641. The molecule has 6 nitrogen and oxygen atoms in total. The van der Waals surface area contributed by atoms with Crippen molar-refractivity contribution in [2.24, 2.45) is 0 Å². The minimum atomic E-state index is -0.115. The second-order valence-corrected chi connectivity index (χ2v) is 7.88. The molecule has 1 saturated heterocycles. The number of nitrogens with one attached hydrogen (secondary N) is 1. The van der Waals surface area contributed by atoms with Gasteiger partial charge in [-0.25, -0.2) is 15.0 Å². The second-order valence-electron chi connectivity index (χ2n) is 6.88. The number of carbonyl (C=O) groups is 1. The fraction of sp³-hybridized carbons (Fsp3) is 0.333. The van der Waals surface area contributed by atoms with Crippen molar-refractivity contribution in [2.75, 3.05) is 18.0 Å². The molecule has 1 fully saturated rings. The number of nitrogens with zero attached hydrogens (tertiary/aromatic N) is 4. The first-order chi connectivity index (χ1) is 13.7. The van der Waals surface area contributed by atoms with Crippen LogP contribution >= 0.6 is 11.3 Å². The third-order valence-corrected chi connectivity index (χ3v) is 6.00. The van der Waals surface area contributed by atoms with Crippen LogP contribution in [-0.2, 0) is 6.54 Å². The smallest absolute Gasteiger partial charge is 0.263 e. The van der Waals surface area contributed by atoms with E-state index in [1.54, 1.807) is 6.20 Å². The average Bonchev–Trinajstić information content (AvgIpc) is 3.15. The van der Waals surface area contributed by atoms with Gasteiger partial charge in [0.25, 0.3) is 5.91 Å². The van der Waals surface area contributed by atoms with E-state index in [0.29, 0.717) is 11.4 Å². The molecular weight excluding hydrogens is 370 g/mol. The number of rotatable bonds is 5. The summed E-state index contributed by atoms with van der Waals surface area (Å²) in [6, 6.07) is 11.8. The van der Waals surface area contributed by atoms with E-state index in [4.69, 9.17) is 0 Å². The SMILES string of the molecule is Cc1nc(-c2ccccc2)sc1C(=O)NCc1ccnc(N2CCCCC2)n1. The van der Waals surface area contributed by atoms with Gasteiger partial charge in [0, 0.05) is 24.8 Å². The van der Waals surface area contributed by atoms with Gasteiger partial charge in [0.15, 0.2) is 0 Å². The molecular formula is C21H23N5OS. The Balaban J connectivity index is 1.43. The van der Waals surface area contributed by atoms with Crippen molar-refractivity contribution in [3.63, 3.8) is 0 Å². The molecule has 1 aliphatic heterocycles. The maximum Gasteiger partial charge on any atom is 0.263 e. The minimum Gasteiger partial charge on any atom is -0.346 e. The standard InChI is InChI=1S/C21H23N5OS/c1-15-18(28-20(24-15)16-8-4-2-5-9-16)19(27)23-14-17-10-11-22-21(25-17)26-12-6-3-7-13-26/h2,4-5,8-11H,3,6-7,12-14H2,1H3,(H,23,27). The van der Waals surface area contributed by atoms with Gasteiger partial charge in [0.05, 0.1) is 17.9 Å². The molecule has 0 spiro atoms. The highest BCUT2D eigenvalue weighted by molar-refractivity contribution is 7.17. The molecule has 0 radical (unpaired) electrons. The van der Waals surface area contributed by atoms with Gasteiger partial charge in [-0.05, 0) is 32.3 Å². The Kier molecular flexibility index (Phi) is 5.62. The monoisotopic (exact) mass is 393 g/mol. The van der Waals surface area contributed by atoms with E-state index in [9.17, 15) is 4.79 Å². The lowest BCUT2D eigenvalue weighted by molar-refractivity contribution is 0.0953. The Labute approximate surface area is 168 Å². The molecule has 0 aliphatic carbocycles. The van der Waals surface area contributed by atoms with E-state index >= 15 is 0 Å². The molecule has 2 aromatic heterocycles. The molecule has 3 aromatic rings. The molecule has 1 aromatic carbocycles. The topological polar surface area (TPSA) is 71.0 Å². The molecule has 1 aliphatic rings. The van der Waals surface area contributed by atoms with Gasteiger partial charge in [-0.15, -0.1) is 11.3 Å². The van der Waals surface area contributed by atoms with E-state index in [1.807, 2.05) is 43.3 Å². The molecule has 1 amide bonds. The van der Waals surface area contributed by atoms with Crippen molar-refractivity contribution >= 4 is 23.2 Å². The van der Waals surface area contributed by atoms with Crippen LogP contribution in [-0.4, -0.2) is 33.9 Å². The summed E-state index contributed by atoms with van der Waals surface area (Å²) in [5.41, 5.74) is 2.59. The zero-order valence-electron chi connectivity index (χ0n) is 15.9. The molecule has 28 heavy (non-hydrogen) atoms. The molecule has 0 atom stereocenters. The minimum absolute atomic E-state index is 0.115. The Bertz CT molecular complexity index is 950. The number of anilines is 1. The van der Waals surface area contributed by atoms with Gasteiger partial charge in [-0.1, -0.05) is 30.3 Å². The van der Waals surface area contributed by atoms with Crippen molar-refractivity contribution in [3.05, 3.63) is 58.9 Å². The van der Waals surface area contributed by atoms with E-state index in [-0.39, 0.29) is 5.91 Å². The zero-order valence-corrected chi connectivity index (χ0v) is 16.7. The van der Waals surface area contributed by atoms with Crippen LogP contribution in [0.2, 0.25) is 0 Å². The Morgan fingerprint density at radius 1 is 1.11 bits per heavy atom. The van der Waals surface area contributed by atoms with Crippen molar-refractivity contribution in [2.45, 2.75) is 32.7 Å². The van der Waals surface area contributed by atoms with Gasteiger partial charge in [-0.2, -0.15) is 0 Å². The lowest BCUT2D eigenvalue weighted by atomic mass is 10.1. The highest BCUT2D eigenvalue weighted by atomic mass is 32.1. The van der Waals surface area contributed by atoms with Gasteiger partial charge in [0.2, 0.25) is 5.95 Å². The van der Waals surface area contributed by atoms with Crippen molar-refractivity contribution in [3.8, 4) is 10.6 Å². The Morgan fingerprint density at radius 2 is 1.89 bits per heavy atom. The molecule has 144 valence electrons. The molecule has 0 saturated carbocycles. The van der Waals surface area contributed by atoms with Crippen LogP contribution < -0.4 is 10.2 Å². The van der Waals surface area contributed by atoms with Crippen LogP contribution in [0, 0.1) is 6.92 Å². The largest absolute Gasteiger partial charge is 0.346 e. The summed E-state index contributed by atoms with van der Waals surface area (Å²) in [6.07, 6.45) is 5.40. The number of amides is 1. The highest BCUT2D eigenvalue weighted by Gasteiger charge is 2.17. The quantitative estimate of drug-likeness (QED) is 0.713. The van der Waals surface area contributed by atoms with Gasteiger partial charge in [0.1, 0.15) is 9.88 Å². The third kappa shape index (κ3) is 4.20. The summed E-state index contributed by atoms with van der Waals surface area (Å²) >= 11 is 1.42. The third-order valence-electron chi connectivity index (χ3n) is 4.79. The number of aryl methyl sites for hydroxylation is 1. The van der Waals surface area contributed by atoms with Crippen LogP contribution in [0.25, 0.3) is 10.6 Å². The first-order valence-corrected chi connectivity index (χ1v) is 10.4.